The minimum absolute atomic E-state index is 0.161. The number of hydrogen-bond acceptors (Lipinski definition) is 3. The van der Waals surface area contributed by atoms with Crippen LogP contribution in [0.1, 0.15) is 48.1 Å². The van der Waals surface area contributed by atoms with Crippen LogP contribution in [0.15, 0.2) is 18.2 Å². The summed E-state index contributed by atoms with van der Waals surface area (Å²) in [4.78, 5) is 4.68. The number of aryl methyl sites for hydroxylation is 1. The quantitative estimate of drug-likeness (QED) is 0.911. The monoisotopic (exact) mass is 273 g/mol. The fraction of sp³-hybridized carbons (Fsp3) is 0.500. The number of aliphatic hydroxyl groups excluding tert-OH is 1. The van der Waals surface area contributed by atoms with Crippen molar-refractivity contribution in [1.82, 2.24) is 14.8 Å². The number of aliphatic hydroxyl groups is 1. The van der Waals surface area contributed by atoms with Crippen molar-refractivity contribution in [3.8, 4) is 0 Å². The van der Waals surface area contributed by atoms with E-state index >= 15 is 0 Å². The topological polar surface area (TPSA) is 50.9 Å². The van der Waals surface area contributed by atoms with Crippen LogP contribution in [0.4, 0.5) is 0 Å². The maximum absolute atomic E-state index is 9.12. The Balaban J connectivity index is 2.26. The van der Waals surface area contributed by atoms with Crippen molar-refractivity contribution in [3.05, 3.63) is 46.5 Å². The Morgan fingerprint density at radius 3 is 2.65 bits per heavy atom. The molecule has 108 valence electrons. The highest BCUT2D eigenvalue weighted by Crippen LogP contribution is 2.16. The molecule has 0 saturated carbocycles. The summed E-state index contributed by atoms with van der Waals surface area (Å²) in [6.45, 7) is 9.18. The van der Waals surface area contributed by atoms with E-state index in [1.165, 1.54) is 0 Å². The molecular weight excluding hydrogens is 250 g/mol. The minimum atomic E-state index is 0.161. The zero-order valence-electron chi connectivity index (χ0n) is 12.7. The SMILES string of the molecule is Cc1nn(Cc2cccc(C(C)C)n2)c(C)c1CCO. The smallest absolute Gasteiger partial charge is 0.0834 e. The molecule has 0 aromatic carbocycles. The Bertz CT molecular complexity index is 587. The highest BCUT2D eigenvalue weighted by atomic mass is 16.2. The fourth-order valence-corrected chi connectivity index (χ4v) is 2.42. The van der Waals surface area contributed by atoms with Gasteiger partial charge in [0.2, 0.25) is 0 Å². The molecule has 20 heavy (non-hydrogen) atoms. The number of pyridine rings is 1. The van der Waals surface area contributed by atoms with Crippen molar-refractivity contribution >= 4 is 0 Å². The molecule has 0 aliphatic rings. The van der Waals surface area contributed by atoms with E-state index in [9.17, 15) is 0 Å². The van der Waals surface area contributed by atoms with Crippen LogP contribution in [0.25, 0.3) is 0 Å². The first-order valence-electron chi connectivity index (χ1n) is 7.12. The summed E-state index contributed by atoms with van der Waals surface area (Å²) >= 11 is 0. The maximum atomic E-state index is 9.12. The van der Waals surface area contributed by atoms with Gasteiger partial charge in [-0.25, -0.2) is 0 Å². The van der Waals surface area contributed by atoms with Crippen molar-refractivity contribution in [2.75, 3.05) is 6.61 Å². The van der Waals surface area contributed by atoms with Crippen molar-refractivity contribution < 1.29 is 5.11 Å². The van der Waals surface area contributed by atoms with Crippen LogP contribution in [-0.4, -0.2) is 26.5 Å². The Morgan fingerprint density at radius 2 is 2.00 bits per heavy atom. The number of rotatable bonds is 5. The van der Waals surface area contributed by atoms with Crippen LogP contribution in [-0.2, 0) is 13.0 Å². The van der Waals surface area contributed by atoms with Crippen LogP contribution < -0.4 is 0 Å². The molecule has 0 radical (unpaired) electrons. The van der Waals surface area contributed by atoms with Gasteiger partial charge in [-0.3, -0.25) is 9.67 Å². The number of nitrogens with zero attached hydrogens (tertiary/aromatic N) is 3. The van der Waals surface area contributed by atoms with E-state index in [0.29, 0.717) is 18.9 Å². The fourth-order valence-electron chi connectivity index (χ4n) is 2.42. The molecule has 4 nitrogen and oxygen atoms in total. The standard InChI is InChI=1S/C16H23N3O/c1-11(2)16-7-5-6-14(17-16)10-19-13(4)15(8-9-20)12(3)18-19/h5-7,11,20H,8-10H2,1-4H3. The van der Waals surface area contributed by atoms with Gasteiger partial charge in [0.05, 0.1) is 17.9 Å². The third kappa shape index (κ3) is 3.07. The van der Waals surface area contributed by atoms with Gasteiger partial charge < -0.3 is 5.11 Å². The molecule has 0 amide bonds. The van der Waals surface area contributed by atoms with E-state index in [-0.39, 0.29) is 6.61 Å². The van der Waals surface area contributed by atoms with Gasteiger partial charge in [0.1, 0.15) is 0 Å². The Morgan fingerprint density at radius 1 is 1.25 bits per heavy atom. The molecule has 4 heteroatoms. The highest BCUT2D eigenvalue weighted by molar-refractivity contribution is 5.25. The lowest BCUT2D eigenvalue weighted by Gasteiger charge is -2.08. The predicted octanol–water partition coefficient (Wildman–Crippen LogP) is 2.60. The second-order valence-electron chi connectivity index (χ2n) is 5.49. The summed E-state index contributed by atoms with van der Waals surface area (Å²) in [5, 5.41) is 13.7. The van der Waals surface area contributed by atoms with Gasteiger partial charge in [0, 0.05) is 18.0 Å². The van der Waals surface area contributed by atoms with Gasteiger partial charge in [-0.15, -0.1) is 0 Å². The van der Waals surface area contributed by atoms with E-state index in [2.05, 4.69) is 43.0 Å². The van der Waals surface area contributed by atoms with Crippen LogP contribution in [0.3, 0.4) is 0 Å². The molecule has 0 bridgehead atoms. The van der Waals surface area contributed by atoms with Crippen LogP contribution in [0.5, 0.6) is 0 Å². The van der Waals surface area contributed by atoms with E-state index in [4.69, 9.17) is 5.11 Å². The zero-order valence-corrected chi connectivity index (χ0v) is 12.7. The minimum Gasteiger partial charge on any atom is -0.396 e. The average Bonchev–Trinajstić information content (AvgIpc) is 2.67. The van der Waals surface area contributed by atoms with Crippen molar-refractivity contribution in [3.63, 3.8) is 0 Å². The zero-order chi connectivity index (χ0) is 14.7. The first-order valence-corrected chi connectivity index (χ1v) is 7.12. The van der Waals surface area contributed by atoms with E-state index in [1.54, 1.807) is 0 Å². The molecule has 2 aromatic heterocycles. The Labute approximate surface area is 120 Å². The van der Waals surface area contributed by atoms with Crippen LogP contribution in [0, 0.1) is 13.8 Å². The van der Waals surface area contributed by atoms with Crippen molar-refractivity contribution in [1.29, 1.82) is 0 Å². The van der Waals surface area contributed by atoms with E-state index in [0.717, 1.165) is 28.3 Å². The summed E-state index contributed by atoms with van der Waals surface area (Å²) in [5.41, 5.74) is 5.40. The van der Waals surface area contributed by atoms with Gasteiger partial charge >= 0.3 is 0 Å². The predicted molar refractivity (Wildman–Crippen MR) is 79.9 cm³/mol. The van der Waals surface area contributed by atoms with E-state index in [1.807, 2.05) is 17.7 Å². The molecule has 2 rings (SSSR count). The van der Waals surface area contributed by atoms with Gasteiger partial charge in [-0.2, -0.15) is 5.10 Å². The second-order valence-corrected chi connectivity index (χ2v) is 5.49. The molecule has 0 fully saturated rings. The third-order valence-corrected chi connectivity index (χ3v) is 3.62. The van der Waals surface area contributed by atoms with E-state index < -0.39 is 0 Å². The van der Waals surface area contributed by atoms with Crippen LogP contribution in [0.2, 0.25) is 0 Å². The van der Waals surface area contributed by atoms with Crippen LogP contribution >= 0.6 is 0 Å². The molecule has 2 aromatic rings. The summed E-state index contributed by atoms with van der Waals surface area (Å²) in [6, 6.07) is 6.15. The molecule has 2 heterocycles. The van der Waals surface area contributed by atoms with Crippen molar-refractivity contribution in [2.45, 2.75) is 46.6 Å². The third-order valence-electron chi connectivity index (χ3n) is 3.62. The van der Waals surface area contributed by atoms with Gasteiger partial charge in [0.15, 0.2) is 0 Å². The normalized spacial score (nSPS) is 11.3. The molecule has 0 aliphatic carbocycles. The van der Waals surface area contributed by atoms with Gasteiger partial charge in [0.25, 0.3) is 0 Å². The Kier molecular flexibility index (Phi) is 4.55. The highest BCUT2D eigenvalue weighted by Gasteiger charge is 2.12. The van der Waals surface area contributed by atoms with Gasteiger partial charge in [-0.1, -0.05) is 19.9 Å². The molecule has 0 aliphatic heterocycles. The summed E-state index contributed by atoms with van der Waals surface area (Å²) in [7, 11) is 0. The molecule has 0 atom stereocenters. The van der Waals surface area contributed by atoms with Crippen molar-refractivity contribution in [2.24, 2.45) is 0 Å². The summed E-state index contributed by atoms with van der Waals surface area (Å²) in [5.74, 6) is 0.431. The molecule has 1 N–H and O–H groups in total. The lowest BCUT2D eigenvalue weighted by atomic mass is 10.1. The Hall–Kier alpha value is -1.68. The summed E-state index contributed by atoms with van der Waals surface area (Å²) < 4.78 is 1.98. The molecule has 0 saturated heterocycles. The molecule has 0 spiro atoms. The lowest BCUT2D eigenvalue weighted by molar-refractivity contribution is 0.299. The first kappa shape index (κ1) is 14.7. The average molecular weight is 273 g/mol. The first-order chi connectivity index (χ1) is 9.52. The molecule has 0 unspecified atom stereocenters. The molecular formula is C16H23N3O. The largest absolute Gasteiger partial charge is 0.396 e. The lowest BCUT2D eigenvalue weighted by Crippen LogP contribution is -2.07. The second kappa shape index (κ2) is 6.18. The van der Waals surface area contributed by atoms with Gasteiger partial charge in [-0.05, 0) is 43.9 Å². The number of aromatic nitrogens is 3. The maximum Gasteiger partial charge on any atom is 0.0834 e. The summed E-state index contributed by atoms with van der Waals surface area (Å²) in [6.07, 6.45) is 0.664. The number of hydrogen-bond donors (Lipinski definition) is 1.